The smallest absolute Gasteiger partial charge is 0.388 e. The molecule has 2 saturated heterocycles. The van der Waals surface area contributed by atoms with Crippen molar-refractivity contribution in [3.63, 3.8) is 0 Å². The van der Waals surface area contributed by atoms with E-state index in [9.17, 15) is 33.3 Å². The first-order valence-electron chi connectivity index (χ1n) is 10.5. The van der Waals surface area contributed by atoms with E-state index in [1.807, 2.05) is 11.9 Å². The Balaban J connectivity index is 2.13. The third kappa shape index (κ3) is 7.18. The normalized spacial score (nSPS) is 35.8. The van der Waals surface area contributed by atoms with Crippen molar-refractivity contribution in [3.8, 4) is 0 Å². The van der Waals surface area contributed by atoms with Crippen molar-refractivity contribution in [2.24, 2.45) is 5.92 Å². The molecule has 2 aliphatic rings. The van der Waals surface area contributed by atoms with Gasteiger partial charge < -0.3 is 30.7 Å². The van der Waals surface area contributed by atoms with E-state index in [-0.39, 0.29) is 12.5 Å². The SMILES string of the molecule is CCC[C@@H]1C[C@@H](C(=O)N[C@H](CNCC(F)(F)F)C2OC(SC)C(O)C(O)C2O)N(C)C1. The van der Waals surface area contributed by atoms with E-state index in [2.05, 4.69) is 17.6 Å². The van der Waals surface area contributed by atoms with Gasteiger partial charge in [0.05, 0.1) is 18.6 Å². The molecule has 12 heteroatoms. The second-order valence-corrected chi connectivity index (χ2v) is 9.32. The van der Waals surface area contributed by atoms with Gasteiger partial charge in [0.25, 0.3) is 0 Å². The molecule has 2 fully saturated rings. The predicted molar refractivity (Wildman–Crippen MR) is 110 cm³/mol. The van der Waals surface area contributed by atoms with Gasteiger partial charge in [-0.15, -0.1) is 11.8 Å². The molecule has 0 radical (unpaired) electrons. The third-order valence-electron chi connectivity index (χ3n) is 5.89. The van der Waals surface area contributed by atoms with Crippen LogP contribution < -0.4 is 10.6 Å². The van der Waals surface area contributed by atoms with Crippen LogP contribution in [0.4, 0.5) is 13.2 Å². The summed E-state index contributed by atoms with van der Waals surface area (Å²) in [6, 6.07) is -1.48. The lowest BCUT2D eigenvalue weighted by molar-refractivity contribution is -0.205. The lowest BCUT2D eigenvalue weighted by atomic mass is 9.94. The van der Waals surface area contributed by atoms with Gasteiger partial charge in [0.15, 0.2) is 0 Å². The molecule has 8 nitrogen and oxygen atoms in total. The zero-order valence-corrected chi connectivity index (χ0v) is 18.8. The summed E-state index contributed by atoms with van der Waals surface area (Å²) in [7, 11) is 1.83. The summed E-state index contributed by atoms with van der Waals surface area (Å²) in [5.74, 6) is -0.000980. The highest BCUT2D eigenvalue weighted by atomic mass is 32.2. The maximum Gasteiger partial charge on any atom is 0.401 e. The topological polar surface area (TPSA) is 114 Å². The molecule has 2 aliphatic heterocycles. The quantitative estimate of drug-likeness (QED) is 0.316. The number of ether oxygens (including phenoxy) is 1. The van der Waals surface area contributed by atoms with Crippen molar-refractivity contribution >= 4 is 17.7 Å². The Morgan fingerprint density at radius 3 is 2.52 bits per heavy atom. The molecule has 0 aromatic carbocycles. The lowest BCUT2D eigenvalue weighted by Crippen LogP contribution is -2.65. The zero-order valence-electron chi connectivity index (χ0n) is 18.0. The molecule has 1 amide bonds. The van der Waals surface area contributed by atoms with E-state index in [4.69, 9.17) is 4.74 Å². The van der Waals surface area contributed by atoms with Gasteiger partial charge in [0.1, 0.15) is 29.9 Å². The Kier molecular flexibility index (Phi) is 9.86. The Morgan fingerprint density at radius 1 is 1.26 bits per heavy atom. The summed E-state index contributed by atoms with van der Waals surface area (Å²) >= 11 is 1.09. The van der Waals surface area contributed by atoms with Gasteiger partial charge >= 0.3 is 6.18 Å². The minimum atomic E-state index is -4.45. The maximum absolute atomic E-state index is 13.0. The monoisotopic (exact) mass is 473 g/mol. The maximum atomic E-state index is 13.0. The number of amides is 1. The average molecular weight is 474 g/mol. The van der Waals surface area contributed by atoms with E-state index in [0.29, 0.717) is 12.3 Å². The molecule has 0 spiro atoms. The molecule has 0 aromatic heterocycles. The van der Waals surface area contributed by atoms with E-state index in [1.165, 1.54) is 0 Å². The number of aliphatic hydroxyl groups excluding tert-OH is 3. The second-order valence-electron chi connectivity index (χ2n) is 8.38. The van der Waals surface area contributed by atoms with Crippen molar-refractivity contribution in [1.29, 1.82) is 0 Å². The van der Waals surface area contributed by atoms with Crippen molar-refractivity contribution in [2.45, 2.75) is 74.3 Å². The van der Waals surface area contributed by atoms with Crippen LogP contribution in [-0.2, 0) is 9.53 Å². The van der Waals surface area contributed by atoms with Crippen LogP contribution in [0.25, 0.3) is 0 Å². The van der Waals surface area contributed by atoms with Gasteiger partial charge in [0.2, 0.25) is 5.91 Å². The molecule has 5 unspecified atom stereocenters. The molecule has 2 heterocycles. The number of hydrogen-bond acceptors (Lipinski definition) is 8. The molecule has 2 rings (SSSR count). The second kappa shape index (κ2) is 11.5. The number of alkyl halides is 3. The van der Waals surface area contributed by atoms with Crippen LogP contribution in [0.1, 0.15) is 26.2 Å². The first kappa shape index (κ1) is 26.6. The summed E-state index contributed by atoms with van der Waals surface area (Å²) < 4.78 is 43.5. The molecule has 8 atom stereocenters. The molecule has 0 aliphatic carbocycles. The number of nitrogens with zero attached hydrogens (tertiary/aromatic N) is 1. The highest BCUT2D eigenvalue weighted by molar-refractivity contribution is 7.99. The first-order valence-corrected chi connectivity index (χ1v) is 11.8. The predicted octanol–water partition coefficient (Wildman–Crippen LogP) is -0.0859. The number of carbonyl (C=O) groups excluding carboxylic acids is 1. The Morgan fingerprint density at radius 2 is 1.94 bits per heavy atom. The molecule has 0 bridgehead atoms. The van der Waals surface area contributed by atoms with Gasteiger partial charge in [0, 0.05) is 13.1 Å². The number of likely N-dealkylation sites (tertiary alicyclic amines) is 1. The molecular formula is C19H34F3N3O5S. The van der Waals surface area contributed by atoms with Gasteiger partial charge in [-0.05, 0) is 32.1 Å². The van der Waals surface area contributed by atoms with Gasteiger partial charge in [-0.3, -0.25) is 9.69 Å². The molecule has 0 saturated carbocycles. The number of nitrogens with one attached hydrogen (secondary N) is 2. The van der Waals surface area contributed by atoms with E-state index in [0.717, 1.165) is 31.1 Å². The molecule has 5 N–H and O–H groups in total. The van der Waals surface area contributed by atoms with Crippen LogP contribution in [0, 0.1) is 5.92 Å². The van der Waals surface area contributed by atoms with Crippen LogP contribution in [0.2, 0.25) is 0 Å². The lowest BCUT2D eigenvalue weighted by Gasteiger charge is -2.43. The number of likely N-dealkylation sites (N-methyl/N-ethyl adjacent to an activating group) is 1. The fourth-order valence-electron chi connectivity index (χ4n) is 4.33. The van der Waals surface area contributed by atoms with Crippen LogP contribution in [0.5, 0.6) is 0 Å². The van der Waals surface area contributed by atoms with Crippen LogP contribution in [0.3, 0.4) is 0 Å². The zero-order chi connectivity index (χ0) is 23.3. The van der Waals surface area contributed by atoms with Gasteiger partial charge in [-0.2, -0.15) is 13.2 Å². The third-order valence-corrected chi connectivity index (χ3v) is 6.74. The minimum Gasteiger partial charge on any atom is -0.388 e. The Labute approximate surface area is 184 Å². The standard InChI is InChI=1S/C19H34F3N3O5S/c1-4-5-10-6-12(25(2)8-10)17(29)24-11(7-23-9-19(20,21)22)16-14(27)13(26)15(28)18(30-16)31-3/h10-16,18,23,26-28H,4-9H2,1-3H3,(H,24,29)/t10-,11-,12+,13?,14?,15?,16?,18?/m1/s1. The van der Waals surface area contributed by atoms with Crippen molar-refractivity contribution in [2.75, 3.05) is 32.9 Å². The minimum absolute atomic E-state index is 0.328. The van der Waals surface area contributed by atoms with Crippen molar-refractivity contribution in [3.05, 3.63) is 0 Å². The number of aliphatic hydroxyl groups is 3. The molecule has 0 aromatic rings. The number of carbonyl (C=O) groups is 1. The molecular weight excluding hydrogens is 439 g/mol. The summed E-state index contributed by atoms with van der Waals surface area (Å²) in [5.41, 5.74) is -0.895. The number of thioether (sulfide) groups is 1. The fourth-order valence-corrected chi connectivity index (χ4v) is 5.01. The highest BCUT2D eigenvalue weighted by Crippen LogP contribution is 2.30. The van der Waals surface area contributed by atoms with Crippen molar-refractivity contribution < 1.29 is 38.0 Å². The largest absolute Gasteiger partial charge is 0.401 e. The van der Waals surface area contributed by atoms with Crippen LogP contribution in [-0.4, -0.2) is 107 Å². The highest BCUT2D eigenvalue weighted by Gasteiger charge is 2.47. The number of hydrogen-bond donors (Lipinski definition) is 5. The number of rotatable bonds is 9. The van der Waals surface area contributed by atoms with E-state index >= 15 is 0 Å². The van der Waals surface area contributed by atoms with Gasteiger partial charge in [-0.1, -0.05) is 13.3 Å². The summed E-state index contributed by atoms with van der Waals surface area (Å²) in [4.78, 5) is 14.9. The number of halogens is 3. The van der Waals surface area contributed by atoms with E-state index < -0.39 is 54.7 Å². The summed E-state index contributed by atoms with van der Waals surface area (Å²) in [6.45, 7) is 1.22. The summed E-state index contributed by atoms with van der Waals surface area (Å²) in [5, 5.41) is 35.6. The van der Waals surface area contributed by atoms with E-state index in [1.54, 1.807) is 6.26 Å². The Hall–Kier alpha value is -0.630. The Bertz CT molecular complexity index is 586. The van der Waals surface area contributed by atoms with Crippen molar-refractivity contribution in [1.82, 2.24) is 15.5 Å². The fraction of sp³-hybridized carbons (Fsp3) is 0.947. The van der Waals surface area contributed by atoms with Crippen LogP contribution in [0.15, 0.2) is 0 Å². The molecule has 182 valence electrons. The average Bonchev–Trinajstić information content (AvgIpc) is 3.05. The van der Waals surface area contributed by atoms with Gasteiger partial charge in [-0.25, -0.2) is 0 Å². The first-order chi connectivity index (χ1) is 14.5. The van der Waals surface area contributed by atoms with Crippen LogP contribution >= 0.6 is 11.8 Å². The molecule has 31 heavy (non-hydrogen) atoms. The summed E-state index contributed by atoms with van der Waals surface area (Å²) in [6.07, 6.45) is -5.89.